The van der Waals surface area contributed by atoms with Crippen LogP contribution in [-0.2, 0) is 15.6 Å². The predicted molar refractivity (Wildman–Crippen MR) is 34.2 cm³/mol. The largest absolute Gasteiger partial charge is 0.302 e. The van der Waals surface area contributed by atoms with Gasteiger partial charge in [-0.2, -0.15) is 0 Å². The molecule has 0 bridgehead atoms. The summed E-state index contributed by atoms with van der Waals surface area (Å²) in [6, 6.07) is 0. The Morgan fingerprint density at radius 1 is 1.75 bits per heavy atom. The van der Waals surface area contributed by atoms with Gasteiger partial charge in [-0.1, -0.05) is 6.92 Å². The van der Waals surface area contributed by atoms with Crippen LogP contribution < -0.4 is 0 Å². The van der Waals surface area contributed by atoms with E-state index in [1.165, 1.54) is 0 Å². The lowest BCUT2D eigenvalue weighted by molar-refractivity contribution is -0.107. The maximum Gasteiger partial charge on any atom is 0.135 e. The summed E-state index contributed by atoms with van der Waals surface area (Å²) in [6.07, 6.45) is 0.722. The standard InChI is InChI=1S/C5H10O2S/c1-3-8(7)5(2)4-6/h4-5H,3H2,1-2H3. The average molecular weight is 134 g/mol. The summed E-state index contributed by atoms with van der Waals surface area (Å²) in [5.41, 5.74) is 0. The van der Waals surface area contributed by atoms with Crippen LogP contribution in [0.15, 0.2) is 0 Å². The SMILES string of the molecule is CCS(=O)C(C)C=O. The Labute approximate surface area is 51.7 Å². The van der Waals surface area contributed by atoms with Gasteiger partial charge in [-0.25, -0.2) is 0 Å². The normalized spacial score (nSPS) is 17.2. The number of carbonyl (C=O) groups excluding carboxylic acids is 1. The zero-order valence-electron chi connectivity index (χ0n) is 5.09. The van der Waals surface area contributed by atoms with Gasteiger partial charge < -0.3 is 4.79 Å². The number of hydrogen-bond acceptors (Lipinski definition) is 2. The molecule has 2 atom stereocenters. The molecule has 2 nitrogen and oxygen atoms in total. The van der Waals surface area contributed by atoms with Crippen LogP contribution in [-0.4, -0.2) is 21.5 Å². The molecule has 0 radical (unpaired) electrons. The second kappa shape index (κ2) is 3.78. The van der Waals surface area contributed by atoms with Crippen molar-refractivity contribution in [1.29, 1.82) is 0 Å². The Balaban J connectivity index is 3.62. The molecule has 0 amide bonds. The van der Waals surface area contributed by atoms with E-state index in [1.54, 1.807) is 13.8 Å². The van der Waals surface area contributed by atoms with Gasteiger partial charge in [0.1, 0.15) is 6.29 Å². The summed E-state index contributed by atoms with van der Waals surface area (Å²) in [4.78, 5) is 9.91. The van der Waals surface area contributed by atoms with Gasteiger partial charge in [0.25, 0.3) is 0 Å². The van der Waals surface area contributed by atoms with Gasteiger partial charge in [0.2, 0.25) is 0 Å². The van der Waals surface area contributed by atoms with Crippen LogP contribution in [0.25, 0.3) is 0 Å². The Hall–Kier alpha value is -0.180. The lowest BCUT2D eigenvalue weighted by Gasteiger charge is -1.97. The van der Waals surface area contributed by atoms with Crippen molar-refractivity contribution in [3.63, 3.8) is 0 Å². The van der Waals surface area contributed by atoms with Crippen molar-refractivity contribution in [2.24, 2.45) is 0 Å². The summed E-state index contributed by atoms with van der Waals surface area (Å²) >= 11 is 0. The minimum Gasteiger partial charge on any atom is -0.302 e. The summed E-state index contributed by atoms with van der Waals surface area (Å²) in [5.74, 6) is 0.569. The van der Waals surface area contributed by atoms with Crippen LogP contribution in [0, 0.1) is 0 Å². The van der Waals surface area contributed by atoms with E-state index in [1.807, 2.05) is 0 Å². The van der Waals surface area contributed by atoms with Gasteiger partial charge in [0.15, 0.2) is 0 Å². The fraction of sp³-hybridized carbons (Fsp3) is 0.800. The van der Waals surface area contributed by atoms with Crippen molar-refractivity contribution in [1.82, 2.24) is 0 Å². The van der Waals surface area contributed by atoms with Gasteiger partial charge >= 0.3 is 0 Å². The van der Waals surface area contributed by atoms with Gasteiger partial charge in [-0.15, -0.1) is 0 Å². The zero-order valence-corrected chi connectivity index (χ0v) is 5.90. The molecule has 3 heteroatoms. The highest BCUT2D eigenvalue weighted by atomic mass is 32.2. The molecular weight excluding hydrogens is 124 g/mol. The zero-order chi connectivity index (χ0) is 6.57. The van der Waals surface area contributed by atoms with Gasteiger partial charge in [-0.05, 0) is 6.92 Å². The Kier molecular flexibility index (Phi) is 3.69. The molecule has 0 fully saturated rings. The molecule has 0 heterocycles. The van der Waals surface area contributed by atoms with E-state index < -0.39 is 10.8 Å². The molecule has 0 aliphatic carbocycles. The Morgan fingerprint density at radius 2 is 2.25 bits per heavy atom. The first-order valence-electron chi connectivity index (χ1n) is 2.54. The molecule has 0 rings (SSSR count). The molecule has 0 saturated heterocycles. The Bertz CT molecular complexity index is 101. The van der Waals surface area contributed by atoms with Crippen molar-refractivity contribution < 1.29 is 9.00 Å². The molecule has 0 aromatic carbocycles. The molecule has 0 aromatic rings. The van der Waals surface area contributed by atoms with E-state index >= 15 is 0 Å². The minimum atomic E-state index is -0.940. The van der Waals surface area contributed by atoms with Crippen molar-refractivity contribution in [2.45, 2.75) is 19.1 Å². The molecule has 0 aliphatic heterocycles. The lowest BCUT2D eigenvalue weighted by atomic mass is 10.5. The van der Waals surface area contributed by atoms with Gasteiger partial charge in [-0.3, -0.25) is 4.21 Å². The van der Waals surface area contributed by atoms with Crippen molar-refractivity contribution in [2.75, 3.05) is 5.75 Å². The van der Waals surface area contributed by atoms with Crippen LogP contribution in [0.2, 0.25) is 0 Å². The summed E-state index contributed by atoms with van der Waals surface area (Å²) in [5, 5.41) is -0.292. The molecule has 48 valence electrons. The van der Waals surface area contributed by atoms with Crippen LogP contribution in [0.5, 0.6) is 0 Å². The molecule has 0 N–H and O–H groups in total. The van der Waals surface area contributed by atoms with Crippen LogP contribution in [0.3, 0.4) is 0 Å². The summed E-state index contributed by atoms with van der Waals surface area (Å²) in [7, 11) is -0.940. The first-order valence-corrected chi connectivity index (χ1v) is 3.93. The van der Waals surface area contributed by atoms with E-state index in [0.29, 0.717) is 5.75 Å². The van der Waals surface area contributed by atoms with Crippen molar-refractivity contribution in [3.05, 3.63) is 0 Å². The summed E-state index contributed by atoms with van der Waals surface area (Å²) < 4.78 is 10.6. The molecule has 0 spiro atoms. The molecular formula is C5H10O2S. The first kappa shape index (κ1) is 7.82. The van der Waals surface area contributed by atoms with Crippen LogP contribution in [0.1, 0.15) is 13.8 Å². The third-order valence-electron chi connectivity index (χ3n) is 0.891. The lowest BCUT2D eigenvalue weighted by Crippen LogP contribution is -2.13. The van der Waals surface area contributed by atoms with E-state index in [4.69, 9.17) is 0 Å². The van der Waals surface area contributed by atoms with Gasteiger partial charge in [0, 0.05) is 16.6 Å². The van der Waals surface area contributed by atoms with Gasteiger partial charge in [0.05, 0.1) is 5.25 Å². The average Bonchev–Trinajstić information content (AvgIpc) is 1.84. The first-order chi connectivity index (χ1) is 3.72. The second-order valence-corrected chi connectivity index (χ2v) is 3.59. The Morgan fingerprint density at radius 3 is 2.38 bits per heavy atom. The van der Waals surface area contributed by atoms with E-state index in [2.05, 4.69) is 0 Å². The monoisotopic (exact) mass is 134 g/mol. The number of carbonyl (C=O) groups is 1. The van der Waals surface area contributed by atoms with Crippen LogP contribution >= 0.6 is 0 Å². The highest BCUT2D eigenvalue weighted by molar-refractivity contribution is 7.86. The molecule has 0 aromatic heterocycles. The third-order valence-corrected chi connectivity index (χ3v) is 2.40. The van der Waals surface area contributed by atoms with E-state index in [0.717, 1.165) is 6.29 Å². The minimum absolute atomic E-state index is 0.292. The topological polar surface area (TPSA) is 34.1 Å². The number of aldehydes is 1. The molecule has 0 saturated carbocycles. The fourth-order valence-corrected chi connectivity index (χ4v) is 0.975. The fourth-order valence-electron chi connectivity index (χ4n) is 0.325. The quantitative estimate of drug-likeness (QED) is 0.522. The van der Waals surface area contributed by atoms with Crippen LogP contribution in [0.4, 0.5) is 0 Å². The van der Waals surface area contributed by atoms with E-state index in [-0.39, 0.29) is 5.25 Å². The smallest absolute Gasteiger partial charge is 0.135 e. The maximum atomic E-state index is 10.6. The predicted octanol–water partition coefficient (Wildman–Crippen LogP) is 0.342. The third kappa shape index (κ3) is 2.21. The van der Waals surface area contributed by atoms with E-state index in [9.17, 15) is 9.00 Å². The molecule has 2 unspecified atom stereocenters. The molecule has 8 heavy (non-hydrogen) atoms. The van der Waals surface area contributed by atoms with Crippen molar-refractivity contribution in [3.8, 4) is 0 Å². The maximum absolute atomic E-state index is 10.6. The summed E-state index contributed by atoms with van der Waals surface area (Å²) in [6.45, 7) is 3.46. The van der Waals surface area contributed by atoms with Crippen molar-refractivity contribution >= 4 is 17.1 Å². The number of hydrogen-bond donors (Lipinski definition) is 0. The highest BCUT2D eigenvalue weighted by Crippen LogP contribution is 1.89. The molecule has 0 aliphatic rings. The highest BCUT2D eigenvalue weighted by Gasteiger charge is 2.04. The second-order valence-electron chi connectivity index (χ2n) is 1.51. The number of rotatable bonds is 3.